The van der Waals surface area contributed by atoms with Crippen LogP contribution in [0, 0.1) is 17.8 Å². The molecule has 118 valence electrons. The van der Waals surface area contributed by atoms with Crippen molar-refractivity contribution < 1.29 is 4.79 Å². The molecule has 2 N–H and O–H groups in total. The highest BCUT2D eigenvalue weighted by molar-refractivity contribution is 5.85. The molecule has 4 nitrogen and oxygen atoms in total. The maximum absolute atomic E-state index is 11.6. The Labute approximate surface area is 129 Å². The first-order chi connectivity index (χ1) is 9.15. The average Bonchev–Trinajstić information content (AvgIpc) is 2.24. The molecular formula is C15H30ClN3O. The van der Waals surface area contributed by atoms with Gasteiger partial charge in [-0.3, -0.25) is 4.79 Å². The van der Waals surface area contributed by atoms with Gasteiger partial charge in [-0.25, -0.2) is 0 Å². The number of hydrogen-bond donors (Lipinski definition) is 2. The Morgan fingerprint density at radius 3 is 2.40 bits per heavy atom. The highest BCUT2D eigenvalue weighted by Crippen LogP contribution is 2.20. The minimum absolute atomic E-state index is 0. The molecule has 2 atom stereocenters. The molecule has 0 aromatic heterocycles. The van der Waals surface area contributed by atoms with Gasteiger partial charge in [-0.15, -0.1) is 12.4 Å². The summed E-state index contributed by atoms with van der Waals surface area (Å²) in [6, 6.07) is 0. The number of likely N-dealkylation sites (tertiary alicyclic amines) is 1. The van der Waals surface area contributed by atoms with Crippen molar-refractivity contribution in [1.29, 1.82) is 0 Å². The number of piperidine rings is 1. The average molecular weight is 304 g/mol. The van der Waals surface area contributed by atoms with E-state index in [1.165, 1.54) is 32.5 Å². The standard InChI is InChI=1S/C15H29N3O.ClH/c1-12-7-13(2)11-18(10-12)6-4-3-5-17-15(19)14-8-16-9-14;/h12-14,16H,3-11H2,1-2H3,(H,17,19);1H. The molecule has 0 bridgehead atoms. The van der Waals surface area contributed by atoms with Gasteiger partial charge in [0.1, 0.15) is 0 Å². The number of hydrogen-bond acceptors (Lipinski definition) is 3. The number of nitrogens with zero attached hydrogens (tertiary/aromatic N) is 1. The normalized spacial score (nSPS) is 27.5. The molecule has 2 aliphatic heterocycles. The Hall–Kier alpha value is -0.320. The van der Waals surface area contributed by atoms with Crippen LogP contribution in [0.5, 0.6) is 0 Å². The summed E-state index contributed by atoms with van der Waals surface area (Å²) in [6.07, 6.45) is 3.68. The molecule has 0 saturated carbocycles. The Bertz CT molecular complexity index is 287. The number of rotatable bonds is 6. The van der Waals surface area contributed by atoms with Crippen molar-refractivity contribution >= 4 is 18.3 Å². The second-order valence-corrected chi connectivity index (χ2v) is 6.56. The third-order valence-electron chi connectivity index (χ3n) is 4.30. The Morgan fingerprint density at radius 1 is 1.20 bits per heavy atom. The molecule has 2 aliphatic rings. The third kappa shape index (κ3) is 5.58. The quantitative estimate of drug-likeness (QED) is 0.731. The molecule has 2 heterocycles. The van der Waals surface area contributed by atoms with E-state index in [9.17, 15) is 4.79 Å². The van der Waals surface area contributed by atoms with Gasteiger partial charge in [0.05, 0.1) is 5.92 Å². The lowest BCUT2D eigenvalue weighted by Crippen LogP contribution is -2.50. The molecule has 0 aliphatic carbocycles. The van der Waals surface area contributed by atoms with Crippen LogP contribution in [0.25, 0.3) is 0 Å². The molecule has 2 saturated heterocycles. The van der Waals surface area contributed by atoms with E-state index in [0.717, 1.165) is 37.9 Å². The first-order valence-corrected chi connectivity index (χ1v) is 7.86. The maximum Gasteiger partial charge on any atom is 0.225 e. The predicted octanol–water partition coefficient (Wildman–Crippen LogP) is 1.50. The lowest BCUT2D eigenvalue weighted by atomic mass is 9.92. The van der Waals surface area contributed by atoms with E-state index in [0.29, 0.717) is 0 Å². The van der Waals surface area contributed by atoms with Crippen molar-refractivity contribution in [3.8, 4) is 0 Å². The third-order valence-corrected chi connectivity index (χ3v) is 4.30. The predicted molar refractivity (Wildman–Crippen MR) is 85.2 cm³/mol. The highest BCUT2D eigenvalue weighted by Gasteiger charge is 2.24. The van der Waals surface area contributed by atoms with E-state index in [1.54, 1.807) is 0 Å². The Kier molecular flexibility index (Phi) is 7.85. The largest absolute Gasteiger partial charge is 0.356 e. The zero-order valence-electron chi connectivity index (χ0n) is 12.9. The van der Waals surface area contributed by atoms with Gasteiger partial charge >= 0.3 is 0 Å². The zero-order valence-corrected chi connectivity index (χ0v) is 13.7. The highest BCUT2D eigenvalue weighted by atomic mass is 35.5. The number of carbonyl (C=O) groups is 1. The number of nitrogens with one attached hydrogen (secondary N) is 2. The fourth-order valence-electron chi connectivity index (χ4n) is 3.27. The SMILES string of the molecule is CC1CC(C)CN(CCCCNC(=O)C2CNC2)C1.Cl. The molecular weight excluding hydrogens is 274 g/mol. The fraction of sp³-hybridized carbons (Fsp3) is 0.933. The summed E-state index contributed by atoms with van der Waals surface area (Å²) in [7, 11) is 0. The summed E-state index contributed by atoms with van der Waals surface area (Å²) in [5.41, 5.74) is 0. The fourth-order valence-corrected chi connectivity index (χ4v) is 3.27. The summed E-state index contributed by atoms with van der Waals surface area (Å²) in [4.78, 5) is 14.2. The van der Waals surface area contributed by atoms with Crippen LogP contribution < -0.4 is 10.6 Å². The Balaban J connectivity index is 0.00000200. The van der Waals surface area contributed by atoms with Crippen LogP contribution in [-0.4, -0.2) is 50.1 Å². The van der Waals surface area contributed by atoms with Crippen molar-refractivity contribution in [2.75, 3.05) is 39.3 Å². The van der Waals surface area contributed by atoms with Crippen molar-refractivity contribution in [3.05, 3.63) is 0 Å². The minimum atomic E-state index is 0. The molecule has 0 aromatic rings. The molecule has 0 spiro atoms. The van der Waals surface area contributed by atoms with E-state index in [-0.39, 0.29) is 24.2 Å². The lowest BCUT2D eigenvalue weighted by Gasteiger charge is -2.35. The van der Waals surface area contributed by atoms with Gasteiger partial charge in [-0.05, 0) is 37.6 Å². The monoisotopic (exact) mass is 303 g/mol. The first kappa shape index (κ1) is 17.7. The molecule has 2 unspecified atom stereocenters. The maximum atomic E-state index is 11.6. The van der Waals surface area contributed by atoms with Gasteiger partial charge in [0.25, 0.3) is 0 Å². The summed E-state index contributed by atoms with van der Waals surface area (Å²) in [5, 5.41) is 6.17. The second kappa shape index (κ2) is 8.85. The number of unbranched alkanes of at least 4 members (excludes halogenated alkanes) is 1. The molecule has 5 heteroatoms. The van der Waals surface area contributed by atoms with E-state index in [4.69, 9.17) is 0 Å². The summed E-state index contributed by atoms with van der Waals surface area (Å²) >= 11 is 0. The van der Waals surface area contributed by atoms with Crippen molar-refractivity contribution in [3.63, 3.8) is 0 Å². The first-order valence-electron chi connectivity index (χ1n) is 7.86. The van der Waals surface area contributed by atoms with E-state index in [1.807, 2.05) is 0 Å². The lowest BCUT2D eigenvalue weighted by molar-refractivity contribution is -0.126. The van der Waals surface area contributed by atoms with Crippen LogP contribution in [0.2, 0.25) is 0 Å². The van der Waals surface area contributed by atoms with Crippen LogP contribution in [0.4, 0.5) is 0 Å². The summed E-state index contributed by atoms with van der Waals surface area (Å²) in [5.74, 6) is 2.15. The number of carbonyl (C=O) groups excluding carboxylic acids is 1. The van der Waals surface area contributed by atoms with Crippen molar-refractivity contribution in [2.24, 2.45) is 17.8 Å². The van der Waals surface area contributed by atoms with Gasteiger partial charge in [0, 0.05) is 32.7 Å². The smallest absolute Gasteiger partial charge is 0.225 e. The van der Waals surface area contributed by atoms with Crippen molar-refractivity contribution in [2.45, 2.75) is 33.1 Å². The molecule has 20 heavy (non-hydrogen) atoms. The van der Waals surface area contributed by atoms with Gasteiger partial charge in [0.15, 0.2) is 0 Å². The molecule has 2 fully saturated rings. The van der Waals surface area contributed by atoms with Crippen LogP contribution in [0.1, 0.15) is 33.1 Å². The molecule has 0 aromatic carbocycles. The molecule has 2 rings (SSSR count). The van der Waals surface area contributed by atoms with Crippen LogP contribution in [0.15, 0.2) is 0 Å². The van der Waals surface area contributed by atoms with E-state index >= 15 is 0 Å². The zero-order chi connectivity index (χ0) is 13.7. The van der Waals surface area contributed by atoms with E-state index < -0.39 is 0 Å². The van der Waals surface area contributed by atoms with Crippen molar-refractivity contribution in [1.82, 2.24) is 15.5 Å². The van der Waals surface area contributed by atoms with Crippen LogP contribution in [-0.2, 0) is 4.79 Å². The molecule has 1 amide bonds. The number of amides is 1. The second-order valence-electron chi connectivity index (χ2n) is 6.56. The van der Waals surface area contributed by atoms with Gasteiger partial charge in [-0.2, -0.15) is 0 Å². The summed E-state index contributed by atoms with van der Waals surface area (Å²) in [6.45, 7) is 11.0. The van der Waals surface area contributed by atoms with Gasteiger partial charge < -0.3 is 15.5 Å². The van der Waals surface area contributed by atoms with E-state index in [2.05, 4.69) is 29.4 Å². The van der Waals surface area contributed by atoms with Gasteiger partial charge in [0.2, 0.25) is 5.91 Å². The van der Waals surface area contributed by atoms with Crippen LogP contribution >= 0.6 is 12.4 Å². The molecule has 0 radical (unpaired) electrons. The van der Waals surface area contributed by atoms with Crippen LogP contribution in [0.3, 0.4) is 0 Å². The van der Waals surface area contributed by atoms with Gasteiger partial charge in [-0.1, -0.05) is 13.8 Å². The summed E-state index contributed by atoms with van der Waals surface area (Å²) < 4.78 is 0. The Morgan fingerprint density at radius 2 is 1.85 bits per heavy atom. The number of halogens is 1. The topological polar surface area (TPSA) is 44.4 Å². The minimum Gasteiger partial charge on any atom is -0.356 e.